The molecule has 15 heavy (non-hydrogen) atoms. The van der Waals surface area contributed by atoms with Crippen molar-refractivity contribution in [3.05, 3.63) is 24.3 Å². The first-order valence-electron chi connectivity index (χ1n) is 5.28. The van der Waals surface area contributed by atoms with E-state index in [0.29, 0.717) is 6.61 Å². The molecule has 2 atom stereocenters. The zero-order valence-electron chi connectivity index (χ0n) is 9.57. The first-order chi connectivity index (χ1) is 7.13. The summed E-state index contributed by atoms with van der Waals surface area (Å²) in [6.45, 7) is 6.53. The molecule has 1 aromatic carbocycles. The molecule has 0 fully saturated rings. The van der Waals surface area contributed by atoms with Crippen molar-refractivity contribution < 1.29 is 9.47 Å². The Morgan fingerprint density at radius 3 is 2.13 bits per heavy atom. The molecule has 3 nitrogen and oxygen atoms in total. The molecule has 0 spiro atoms. The van der Waals surface area contributed by atoms with Crippen LogP contribution in [-0.4, -0.2) is 18.8 Å². The lowest BCUT2D eigenvalue weighted by Crippen LogP contribution is -2.33. The normalized spacial score (nSPS) is 14.4. The van der Waals surface area contributed by atoms with Crippen LogP contribution < -0.4 is 15.2 Å². The summed E-state index contributed by atoms with van der Waals surface area (Å²) in [5, 5.41) is 0. The van der Waals surface area contributed by atoms with Crippen molar-refractivity contribution in [2.75, 3.05) is 6.61 Å². The molecule has 0 radical (unpaired) electrons. The van der Waals surface area contributed by atoms with Gasteiger partial charge >= 0.3 is 0 Å². The number of ether oxygens (including phenoxy) is 2. The van der Waals surface area contributed by atoms with Crippen LogP contribution in [0.15, 0.2) is 24.3 Å². The van der Waals surface area contributed by atoms with E-state index in [4.69, 9.17) is 15.2 Å². The molecule has 0 aliphatic carbocycles. The van der Waals surface area contributed by atoms with Crippen LogP contribution in [0.4, 0.5) is 0 Å². The van der Waals surface area contributed by atoms with Gasteiger partial charge in [-0.3, -0.25) is 0 Å². The van der Waals surface area contributed by atoms with Crippen molar-refractivity contribution in [2.45, 2.75) is 32.9 Å². The van der Waals surface area contributed by atoms with Gasteiger partial charge in [0.05, 0.1) is 6.61 Å². The highest BCUT2D eigenvalue weighted by Crippen LogP contribution is 2.18. The van der Waals surface area contributed by atoms with Crippen molar-refractivity contribution in [3.63, 3.8) is 0 Å². The van der Waals surface area contributed by atoms with Gasteiger partial charge in [0.2, 0.25) is 0 Å². The zero-order valence-corrected chi connectivity index (χ0v) is 9.57. The summed E-state index contributed by atoms with van der Waals surface area (Å²) in [6.07, 6.45) is 0.0166. The smallest absolute Gasteiger partial charge is 0.120 e. The van der Waals surface area contributed by atoms with Crippen LogP contribution in [0, 0.1) is 0 Å². The van der Waals surface area contributed by atoms with Crippen LogP contribution in [0.3, 0.4) is 0 Å². The second kappa shape index (κ2) is 5.61. The molecule has 3 heteroatoms. The summed E-state index contributed by atoms with van der Waals surface area (Å²) >= 11 is 0. The Morgan fingerprint density at radius 2 is 1.67 bits per heavy atom. The lowest BCUT2D eigenvalue weighted by Gasteiger charge is -2.18. The van der Waals surface area contributed by atoms with Crippen molar-refractivity contribution in [3.8, 4) is 11.5 Å². The number of hydrogen-bond acceptors (Lipinski definition) is 3. The van der Waals surface area contributed by atoms with Gasteiger partial charge in [0.25, 0.3) is 0 Å². The summed E-state index contributed by atoms with van der Waals surface area (Å²) in [6, 6.07) is 7.60. The molecule has 0 amide bonds. The quantitative estimate of drug-likeness (QED) is 0.808. The Bertz CT molecular complexity index is 282. The summed E-state index contributed by atoms with van der Waals surface area (Å²) in [5.41, 5.74) is 5.71. The van der Waals surface area contributed by atoms with E-state index in [-0.39, 0.29) is 12.1 Å². The molecule has 84 valence electrons. The molecule has 2 N–H and O–H groups in total. The average molecular weight is 209 g/mol. The minimum Gasteiger partial charge on any atom is -0.494 e. The van der Waals surface area contributed by atoms with Gasteiger partial charge in [-0.2, -0.15) is 0 Å². The fraction of sp³-hybridized carbons (Fsp3) is 0.500. The molecular weight excluding hydrogens is 190 g/mol. The van der Waals surface area contributed by atoms with Gasteiger partial charge in [-0.1, -0.05) is 0 Å². The number of rotatable bonds is 5. The number of hydrogen-bond donors (Lipinski definition) is 1. The third-order valence-electron chi connectivity index (χ3n) is 2.20. The standard InChI is InChI=1S/C12H19NO2/c1-4-14-11-5-7-12(8-6-11)15-10(3)9(2)13/h5-10H,4,13H2,1-3H3. The third kappa shape index (κ3) is 3.80. The molecule has 1 rings (SSSR count). The van der Waals surface area contributed by atoms with Gasteiger partial charge < -0.3 is 15.2 Å². The molecule has 0 aliphatic rings. The fourth-order valence-electron chi connectivity index (χ4n) is 1.10. The zero-order chi connectivity index (χ0) is 11.3. The van der Waals surface area contributed by atoms with Crippen LogP contribution >= 0.6 is 0 Å². The molecule has 0 aliphatic heterocycles. The summed E-state index contributed by atoms with van der Waals surface area (Å²) in [5.74, 6) is 1.68. The summed E-state index contributed by atoms with van der Waals surface area (Å²) in [4.78, 5) is 0. The van der Waals surface area contributed by atoms with Crippen LogP contribution in [0.1, 0.15) is 20.8 Å². The Labute approximate surface area is 91.2 Å². The van der Waals surface area contributed by atoms with Crippen LogP contribution in [-0.2, 0) is 0 Å². The molecule has 0 aromatic heterocycles. The maximum Gasteiger partial charge on any atom is 0.120 e. The fourth-order valence-corrected chi connectivity index (χ4v) is 1.10. The maximum atomic E-state index is 5.71. The third-order valence-corrected chi connectivity index (χ3v) is 2.20. The second-order valence-corrected chi connectivity index (χ2v) is 3.59. The Morgan fingerprint density at radius 1 is 1.13 bits per heavy atom. The molecule has 0 bridgehead atoms. The topological polar surface area (TPSA) is 44.5 Å². The van der Waals surface area contributed by atoms with Crippen LogP contribution in [0.25, 0.3) is 0 Å². The molecule has 0 heterocycles. The first kappa shape index (κ1) is 11.9. The van der Waals surface area contributed by atoms with Crippen molar-refractivity contribution in [1.29, 1.82) is 0 Å². The van der Waals surface area contributed by atoms with E-state index in [1.54, 1.807) is 0 Å². The molecular formula is C12H19NO2. The van der Waals surface area contributed by atoms with Gasteiger partial charge in [0, 0.05) is 6.04 Å². The summed E-state index contributed by atoms with van der Waals surface area (Å²) < 4.78 is 11.0. The molecule has 1 aromatic rings. The Balaban J connectivity index is 2.56. The molecule has 0 saturated carbocycles. The highest BCUT2D eigenvalue weighted by atomic mass is 16.5. The highest BCUT2D eigenvalue weighted by molar-refractivity contribution is 5.31. The predicted octanol–water partition coefficient (Wildman–Crippen LogP) is 2.20. The predicted molar refractivity (Wildman–Crippen MR) is 61.4 cm³/mol. The van der Waals surface area contributed by atoms with Gasteiger partial charge in [-0.25, -0.2) is 0 Å². The monoisotopic (exact) mass is 209 g/mol. The van der Waals surface area contributed by atoms with Gasteiger partial charge in [0.1, 0.15) is 17.6 Å². The molecule has 0 saturated heterocycles. The summed E-state index contributed by atoms with van der Waals surface area (Å²) in [7, 11) is 0. The van der Waals surface area contributed by atoms with E-state index in [1.165, 1.54) is 0 Å². The highest BCUT2D eigenvalue weighted by Gasteiger charge is 2.08. The van der Waals surface area contributed by atoms with Crippen molar-refractivity contribution in [1.82, 2.24) is 0 Å². The van der Waals surface area contributed by atoms with E-state index < -0.39 is 0 Å². The lowest BCUT2D eigenvalue weighted by molar-refractivity contribution is 0.196. The average Bonchev–Trinajstić information content (AvgIpc) is 2.21. The van der Waals surface area contributed by atoms with Gasteiger partial charge in [0.15, 0.2) is 0 Å². The number of nitrogens with two attached hydrogens (primary N) is 1. The first-order valence-corrected chi connectivity index (χ1v) is 5.28. The largest absolute Gasteiger partial charge is 0.494 e. The van der Waals surface area contributed by atoms with Gasteiger partial charge in [-0.15, -0.1) is 0 Å². The van der Waals surface area contributed by atoms with E-state index in [0.717, 1.165) is 11.5 Å². The Hall–Kier alpha value is -1.22. The van der Waals surface area contributed by atoms with Gasteiger partial charge in [-0.05, 0) is 45.0 Å². The van der Waals surface area contributed by atoms with E-state index in [1.807, 2.05) is 45.0 Å². The van der Waals surface area contributed by atoms with E-state index >= 15 is 0 Å². The molecule has 2 unspecified atom stereocenters. The minimum absolute atomic E-state index is 0.0166. The maximum absolute atomic E-state index is 5.71. The minimum atomic E-state index is 0.0166. The second-order valence-electron chi connectivity index (χ2n) is 3.59. The van der Waals surface area contributed by atoms with Crippen molar-refractivity contribution >= 4 is 0 Å². The number of benzene rings is 1. The lowest BCUT2D eigenvalue weighted by atomic mass is 10.2. The SMILES string of the molecule is CCOc1ccc(OC(C)C(C)N)cc1. The Kier molecular flexibility index (Phi) is 4.43. The van der Waals surface area contributed by atoms with Crippen LogP contribution in [0.5, 0.6) is 11.5 Å². The van der Waals surface area contributed by atoms with E-state index in [2.05, 4.69) is 0 Å². The van der Waals surface area contributed by atoms with E-state index in [9.17, 15) is 0 Å². The van der Waals surface area contributed by atoms with Crippen LogP contribution in [0.2, 0.25) is 0 Å². The van der Waals surface area contributed by atoms with Crippen molar-refractivity contribution in [2.24, 2.45) is 5.73 Å².